The van der Waals surface area contributed by atoms with Gasteiger partial charge < -0.3 is 15.2 Å². The van der Waals surface area contributed by atoms with E-state index in [-0.39, 0.29) is 36.3 Å². The molecule has 0 bridgehead atoms. The van der Waals surface area contributed by atoms with Gasteiger partial charge in [-0.2, -0.15) is 0 Å². The van der Waals surface area contributed by atoms with Crippen molar-refractivity contribution in [3.63, 3.8) is 0 Å². The van der Waals surface area contributed by atoms with E-state index in [1.54, 1.807) is 18.2 Å². The molecule has 0 aromatic heterocycles. The second kappa shape index (κ2) is 11.8. The lowest BCUT2D eigenvalue weighted by atomic mass is 9.83. The van der Waals surface area contributed by atoms with Crippen LogP contribution >= 0.6 is 12.4 Å². The Balaban J connectivity index is 0.00000320. The third-order valence-corrected chi connectivity index (χ3v) is 7.17. The molecular weight excluding hydrogens is 489 g/mol. The Morgan fingerprint density at radius 2 is 1.70 bits per heavy atom. The summed E-state index contributed by atoms with van der Waals surface area (Å²) in [4.78, 5) is 11.3. The van der Waals surface area contributed by atoms with E-state index in [0.29, 0.717) is 10.9 Å². The first-order chi connectivity index (χ1) is 17.5. The van der Waals surface area contributed by atoms with E-state index in [1.807, 2.05) is 60.7 Å². The van der Waals surface area contributed by atoms with Crippen LogP contribution in [0.15, 0.2) is 84.9 Å². The van der Waals surface area contributed by atoms with Crippen molar-refractivity contribution in [3.8, 4) is 5.75 Å². The van der Waals surface area contributed by atoms with Gasteiger partial charge in [0.2, 0.25) is 0 Å². The van der Waals surface area contributed by atoms with Crippen LogP contribution in [0.3, 0.4) is 0 Å². The Morgan fingerprint density at radius 3 is 2.46 bits per heavy atom. The molecular formula is C31H31ClFNO3. The normalized spacial score (nSPS) is 17.4. The van der Waals surface area contributed by atoms with Crippen molar-refractivity contribution < 1.29 is 19.0 Å². The van der Waals surface area contributed by atoms with Crippen molar-refractivity contribution in [3.05, 3.63) is 113 Å². The Hall–Kier alpha value is -3.41. The molecule has 0 saturated carbocycles. The summed E-state index contributed by atoms with van der Waals surface area (Å²) in [6, 6.07) is 26.4. The number of benzene rings is 4. The second-order valence-electron chi connectivity index (χ2n) is 9.49. The van der Waals surface area contributed by atoms with Gasteiger partial charge in [0.15, 0.2) is 0 Å². The first kappa shape index (κ1) is 26.6. The number of nitrogens with one attached hydrogen (secondary N) is 1. The lowest BCUT2D eigenvalue weighted by Gasteiger charge is -2.33. The van der Waals surface area contributed by atoms with E-state index in [2.05, 4.69) is 18.3 Å². The average molecular weight is 520 g/mol. The monoisotopic (exact) mass is 519 g/mol. The van der Waals surface area contributed by atoms with E-state index in [9.17, 15) is 14.3 Å². The zero-order chi connectivity index (χ0) is 25.1. The van der Waals surface area contributed by atoms with E-state index < -0.39 is 5.97 Å². The van der Waals surface area contributed by atoms with Gasteiger partial charge in [-0.3, -0.25) is 0 Å². The van der Waals surface area contributed by atoms with Crippen molar-refractivity contribution in [2.45, 2.75) is 44.2 Å². The number of rotatable bonds is 8. The lowest BCUT2D eigenvalue weighted by Crippen LogP contribution is -2.28. The molecule has 1 aliphatic heterocycles. The molecule has 0 unspecified atom stereocenters. The molecule has 6 heteroatoms. The minimum atomic E-state index is -0.915. The van der Waals surface area contributed by atoms with E-state index >= 15 is 0 Å². The van der Waals surface area contributed by atoms with E-state index in [4.69, 9.17) is 4.74 Å². The highest BCUT2D eigenvalue weighted by atomic mass is 35.5. The number of hydrogen-bond acceptors (Lipinski definition) is 3. The third-order valence-electron chi connectivity index (χ3n) is 7.17. The van der Waals surface area contributed by atoms with Gasteiger partial charge in [0.05, 0.1) is 11.7 Å². The van der Waals surface area contributed by atoms with Crippen molar-refractivity contribution in [1.29, 1.82) is 0 Å². The summed E-state index contributed by atoms with van der Waals surface area (Å²) in [7, 11) is 0. The molecule has 4 nitrogen and oxygen atoms in total. The summed E-state index contributed by atoms with van der Waals surface area (Å²) in [6.45, 7) is 2.94. The second-order valence-corrected chi connectivity index (χ2v) is 9.49. The van der Waals surface area contributed by atoms with Crippen LogP contribution in [0.5, 0.6) is 5.75 Å². The molecule has 5 rings (SSSR count). The van der Waals surface area contributed by atoms with Gasteiger partial charge in [0.1, 0.15) is 11.6 Å². The van der Waals surface area contributed by atoms with Crippen LogP contribution in [-0.4, -0.2) is 23.7 Å². The Labute approximate surface area is 222 Å². The molecule has 0 aliphatic carbocycles. The smallest absolute Gasteiger partial charge is 0.335 e. The summed E-state index contributed by atoms with van der Waals surface area (Å²) in [5.41, 5.74) is 3.65. The minimum absolute atomic E-state index is 0. The standard InChI is InChI=1S/C31H30FNO3.ClH/c1-20(24-16-17-29(32)26-9-3-2-8-25(24)26)33-18-6-7-23-19-28(27-10-4-5-11-30(27)36-23)21-12-14-22(15-13-21)31(34)35;/h2-5,8-17,20,23,28,33H,6-7,18-19H2,1H3,(H,34,35);1H/t20-,23-,28+;/m1./s1. The molecule has 4 aromatic carbocycles. The third kappa shape index (κ3) is 5.79. The number of aromatic carboxylic acids is 1. The minimum Gasteiger partial charge on any atom is -0.490 e. The molecule has 0 spiro atoms. The van der Waals surface area contributed by atoms with Gasteiger partial charge in [-0.15, -0.1) is 12.4 Å². The van der Waals surface area contributed by atoms with Gasteiger partial charge in [0, 0.05) is 22.9 Å². The maximum Gasteiger partial charge on any atom is 0.335 e. The van der Waals surface area contributed by atoms with E-state index in [1.165, 1.54) is 0 Å². The van der Waals surface area contributed by atoms with Crippen LogP contribution in [-0.2, 0) is 0 Å². The van der Waals surface area contributed by atoms with Crippen molar-refractivity contribution in [2.75, 3.05) is 6.54 Å². The number of hydrogen-bond donors (Lipinski definition) is 2. The van der Waals surface area contributed by atoms with Crippen molar-refractivity contribution in [1.82, 2.24) is 5.32 Å². The van der Waals surface area contributed by atoms with Crippen LogP contribution in [0.4, 0.5) is 4.39 Å². The van der Waals surface area contributed by atoms with Crippen molar-refractivity contribution >= 4 is 29.1 Å². The topological polar surface area (TPSA) is 58.6 Å². The molecule has 4 aromatic rings. The highest BCUT2D eigenvalue weighted by Gasteiger charge is 2.29. The van der Waals surface area contributed by atoms with Crippen LogP contribution in [0.2, 0.25) is 0 Å². The lowest BCUT2D eigenvalue weighted by molar-refractivity contribution is 0.0696. The predicted octanol–water partition coefficient (Wildman–Crippen LogP) is 7.51. The van der Waals surface area contributed by atoms with Crippen LogP contribution in [0.25, 0.3) is 10.8 Å². The van der Waals surface area contributed by atoms with Gasteiger partial charge in [0.25, 0.3) is 0 Å². The maximum atomic E-state index is 14.2. The fraction of sp³-hybridized carbons (Fsp3) is 0.258. The Bertz CT molecular complexity index is 1370. The molecule has 3 atom stereocenters. The predicted molar refractivity (Wildman–Crippen MR) is 148 cm³/mol. The molecule has 0 amide bonds. The van der Waals surface area contributed by atoms with Gasteiger partial charge in [-0.25, -0.2) is 9.18 Å². The fourth-order valence-corrected chi connectivity index (χ4v) is 5.27. The van der Waals surface area contributed by atoms with Crippen molar-refractivity contribution in [2.24, 2.45) is 0 Å². The zero-order valence-corrected chi connectivity index (χ0v) is 21.5. The Kier molecular flexibility index (Phi) is 8.47. The number of carboxylic acid groups (broad SMARTS) is 1. The first-order valence-corrected chi connectivity index (χ1v) is 12.5. The average Bonchev–Trinajstić information content (AvgIpc) is 2.91. The first-order valence-electron chi connectivity index (χ1n) is 12.5. The van der Waals surface area contributed by atoms with E-state index in [0.717, 1.165) is 53.6 Å². The van der Waals surface area contributed by atoms with Crippen LogP contribution in [0, 0.1) is 5.82 Å². The highest BCUT2D eigenvalue weighted by molar-refractivity contribution is 5.87. The number of halogens is 2. The SMILES string of the molecule is C[C@@H](NCCC[C@@H]1C[C@@H](c2ccc(C(=O)O)cc2)c2ccccc2O1)c1ccc(F)c2ccccc12.Cl. The Morgan fingerprint density at radius 1 is 1.00 bits per heavy atom. The fourth-order valence-electron chi connectivity index (χ4n) is 5.27. The molecule has 0 fully saturated rings. The molecule has 37 heavy (non-hydrogen) atoms. The number of ether oxygens (including phenoxy) is 1. The zero-order valence-electron chi connectivity index (χ0n) is 20.7. The number of para-hydroxylation sites is 1. The number of fused-ring (bicyclic) bond motifs is 2. The molecule has 0 saturated heterocycles. The number of carbonyl (C=O) groups is 1. The summed E-state index contributed by atoms with van der Waals surface area (Å²) >= 11 is 0. The molecule has 1 heterocycles. The molecule has 192 valence electrons. The van der Waals surface area contributed by atoms with Gasteiger partial charge >= 0.3 is 5.97 Å². The summed E-state index contributed by atoms with van der Waals surface area (Å²) in [6.07, 6.45) is 2.78. The molecule has 0 radical (unpaired) electrons. The van der Waals surface area contributed by atoms with Crippen LogP contribution in [0.1, 0.15) is 65.2 Å². The number of carboxylic acids is 1. The molecule has 1 aliphatic rings. The maximum absolute atomic E-state index is 14.2. The summed E-state index contributed by atoms with van der Waals surface area (Å²) in [5, 5.41) is 14.4. The van der Waals surface area contributed by atoms with Gasteiger partial charge in [-0.1, -0.05) is 60.7 Å². The molecule has 2 N–H and O–H groups in total. The largest absolute Gasteiger partial charge is 0.490 e. The summed E-state index contributed by atoms with van der Waals surface area (Å²) in [5.74, 6) is -0.0361. The summed E-state index contributed by atoms with van der Waals surface area (Å²) < 4.78 is 20.5. The van der Waals surface area contributed by atoms with Gasteiger partial charge in [-0.05, 0) is 73.5 Å². The highest BCUT2D eigenvalue weighted by Crippen LogP contribution is 2.41. The quantitative estimate of drug-likeness (QED) is 0.236. The van der Waals surface area contributed by atoms with Crippen LogP contribution < -0.4 is 10.1 Å².